The summed E-state index contributed by atoms with van der Waals surface area (Å²) in [4.78, 5) is 0.279. The summed E-state index contributed by atoms with van der Waals surface area (Å²) in [6, 6.07) is 16.3. The summed E-state index contributed by atoms with van der Waals surface area (Å²) < 4.78 is 32.9. The number of hydrogen-bond acceptors (Lipinski definition) is 3. The van der Waals surface area contributed by atoms with Crippen molar-refractivity contribution in [3.63, 3.8) is 0 Å². The molecule has 0 fully saturated rings. The molecule has 0 aromatic heterocycles. The van der Waals surface area contributed by atoms with E-state index < -0.39 is 10.0 Å². The predicted molar refractivity (Wildman–Crippen MR) is 87.3 cm³/mol. The van der Waals surface area contributed by atoms with E-state index in [0.717, 1.165) is 11.1 Å². The lowest BCUT2D eigenvalue weighted by Crippen LogP contribution is -2.39. The maximum Gasteiger partial charge on any atom is 0.240 e. The van der Waals surface area contributed by atoms with Crippen LogP contribution in [-0.4, -0.2) is 28.2 Å². The van der Waals surface area contributed by atoms with Crippen LogP contribution in [0.3, 0.4) is 0 Å². The zero-order valence-corrected chi connectivity index (χ0v) is 13.6. The summed E-state index contributed by atoms with van der Waals surface area (Å²) >= 11 is 0. The summed E-state index contributed by atoms with van der Waals surface area (Å²) in [7, 11) is -1.99. The molecule has 2 aromatic rings. The molecule has 0 heterocycles. The van der Waals surface area contributed by atoms with Gasteiger partial charge in [0.25, 0.3) is 0 Å². The molecule has 118 valence electrons. The van der Waals surface area contributed by atoms with Crippen molar-refractivity contribution in [2.45, 2.75) is 24.3 Å². The SMILES string of the molecule is COCC(Cc1ccccc1)NS(=O)(=O)c1cccc(C)c1. The highest BCUT2D eigenvalue weighted by atomic mass is 32.2. The van der Waals surface area contributed by atoms with Crippen LogP contribution in [-0.2, 0) is 21.2 Å². The van der Waals surface area contributed by atoms with Gasteiger partial charge in [-0.15, -0.1) is 0 Å². The topological polar surface area (TPSA) is 55.4 Å². The highest BCUT2D eigenvalue weighted by molar-refractivity contribution is 7.89. The Morgan fingerprint density at radius 3 is 2.45 bits per heavy atom. The Balaban J connectivity index is 2.16. The van der Waals surface area contributed by atoms with Crippen LogP contribution in [0.25, 0.3) is 0 Å². The quantitative estimate of drug-likeness (QED) is 0.853. The maximum absolute atomic E-state index is 12.5. The first-order chi connectivity index (χ1) is 10.5. The predicted octanol–water partition coefficient (Wildman–Crippen LogP) is 2.53. The van der Waals surface area contributed by atoms with E-state index in [1.165, 1.54) is 0 Å². The molecule has 0 aliphatic carbocycles. The largest absolute Gasteiger partial charge is 0.383 e. The number of methoxy groups -OCH3 is 1. The van der Waals surface area contributed by atoms with Crippen molar-refractivity contribution in [2.24, 2.45) is 0 Å². The molecule has 2 rings (SSSR count). The van der Waals surface area contributed by atoms with Crippen LogP contribution in [0.5, 0.6) is 0 Å². The van der Waals surface area contributed by atoms with Gasteiger partial charge >= 0.3 is 0 Å². The van der Waals surface area contributed by atoms with Gasteiger partial charge in [0.1, 0.15) is 0 Å². The van der Waals surface area contributed by atoms with E-state index in [0.29, 0.717) is 13.0 Å². The first-order valence-electron chi connectivity index (χ1n) is 7.13. The highest BCUT2D eigenvalue weighted by Gasteiger charge is 2.20. The van der Waals surface area contributed by atoms with Crippen molar-refractivity contribution < 1.29 is 13.2 Å². The first kappa shape index (κ1) is 16.7. The minimum absolute atomic E-state index is 0.279. The Kier molecular flexibility index (Phi) is 5.71. The van der Waals surface area contributed by atoms with Gasteiger partial charge in [-0.3, -0.25) is 0 Å². The smallest absolute Gasteiger partial charge is 0.240 e. The summed E-state index contributed by atoms with van der Waals surface area (Å²) in [6.07, 6.45) is 0.583. The monoisotopic (exact) mass is 319 g/mol. The summed E-state index contributed by atoms with van der Waals surface area (Å²) in [5.74, 6) is 0. The number of ether oxygens (including phenoxy) is 1. The van der Waals surface area contributed by atoms with Crippen LogP contribution in [0, 0.1) is 6.92 Å². The molecule has 4 nitrogen and oxygen atoms in total. The summed E-state index contributed by atoms with van der Waals surface area (Å²) in [5.41, 5.74) is 1.98. The van der Waals surface area contributed by atoms with Gasteiger partial charge in [-0.25, -0.2) is 13.1 Å². The van der Waals surface area contributed by atoms with E-state index in [2.05, 4.69) is 4.72 Å². The first-order valence-corrected chi connectivity index (χ1v) is 8.61. The molecule has 0 radical (unpaired) electrons. The number of hydrogen-bond donors (Lipinski definition) is 1. The molecular formula is C17H21NO3S. The van der Waals surface area contributed by atoms with E-state index in [1.807, 2.05) is 43.3 Å². The fourth-order valence-electron chi connectivity index (χ4n) is 2.30. The van der Waals surface area contributed by atoms with E-state index >= 15 is 0 Å². The summed E-state index contributed by atoms with van der Waals surface area (Å²) in [5, 5.41) is 0. The zero-order chi connectivity index (χ0) is 16.0. The second kappa shape index (κ2) is 7.54. The van der Waals surface area contributed by atoms with Crippen molar-refractivity contribution >= 4 is 10.0 Å². The van der Waals surface area contributed by atoms with Crippen LogP contribution < -0.4 is 4.72 Å². The molecule has 0 aliphatic heterocycles. The Labute approximate surface area is 132 Å². The van der Waals surface area contributed by atoms with E-state index in [4.69, 9.17) is 4.74 Å². The molecule has 1 unspecified atom stereocenters. The van der Waals surface area contributed by atoms with Crippen molar-refractivity contribution in [1.29, 1.82) is 0 Å². The average molecular weight is 319 g/mol. The molecule has 0 bridgehead atoms. The normalized spacial score (nSPS) is 13.0. The standard InChI is InChI=1S/C17H21NO3S/c1-14-7-6-10-17(11-14)22(19,20)18-16(13-21-2)12-15-8-4-3-5-9-15/h3-11,16,18H,12-13H2,1-2H3. The van der Waals surface area contributed by atoms with Gasteiger partial charge in [0.15, 0.2) is 0 Å². The number of benzene rings is 2. The van der Waals surface area contributed by atoms with Gasteiger partial charge in [0, 0.05) is 13.2 Å². The lowest BCUT2D eigenvalue weighted by atomic mass is 10.1. The van der Waals surface area contributed by atoms with E-state index in [-0.39, 0.29) is 10.9 Å². The number of aryl methyl sites for hydroxylation is 1. The Morgan fingerprint density at radius 1 is 1.09 bits per heavy atom. The molecule has 5 heteroatoms. The Bertz CT molecular complexity index is 699. The molecule has 1 N–H and O–H groups in total. The molecule has 0 saturated carbocycles. The molecule has 22 heavy (non-hydrogen) atoms. The van der Waals surface area contributed by atoms with Crippen molar-refractivity contribution in [3.05, 3.63) is 65.7 Å². The van der Waals surface area contributed by atoms with Crippen LogP contribution in [0.15, 0.2) is 59.5 Å². The third kappa shape index (κ3) is 4.66. The van der Waals surface area contributed by atoms with Crippen molar-refractivity contribution in [2.75, 3.05) is 13.7 Å². The maximum atomic E-state index is 12.5. The second-order valence-corrected chi connectivity index (χ2v) is 6.99. The van der Waals surface area contributed by atoms with Crippen LogP contribution >= 0.6 is 0 Å². The van der Waals surface area contributed by atoms with Gasteiger partial charge in [-0.05, 0) is 36.6 Å². The molecule has 0 amide bonds. The minimum Gasteiger partial charge on any atom is -0.383 e. The minimum atomic E-state index is -3.55. The van der Waals surface area contributed by atoms with E-state index in [1.54, 1.807) is 25.3 Å². The lowest BCUT2D eigenvalue weighted by Gasteiger charge is -2.18. The van der Waals surface area contributed by atoms with Crippen LogP contribution in [0.2, 0.25) is 0 Å². The second-order valence-electron chi connectivity index (χ2n) is 5.28. The van der Waals surface area contributed by atoms with Gasteiger partial charge in [-0.1, -0.05) is 42.5 Å². The fraction of sp³-hybridized carbons (Fsp3) is 0.294. The number of sulfonamides is 1. The molecule has 1 atom stereocenters. The summed E-state index contributed by atoms with van der Waals surface area (Å²) in [6.45, 7) is 2.19. The van der Waals surface area contributed by atoms with Gasteiger partial charge in [0.05, 0.1) is 11.5 Å². The van der Waals surface area contributed by atoms with Gasteiger partial charge in [0.2, 0.25) is 10.0 Å². The van der Waals surface area contributed by atoms with Crippen molar-refractivity contribution in [1.82, 2.24) is 4.72 Å². The fourth-order valence-corrected chi connectivity index (χ4v) is 3.63. The Hall–Kier alpha value is -1.69. The molecular weight excluding hydrogens is 298 g/mol. The lowest BCUT2D eigenvalue weighted by molar-refractivity contribution is 0.174. The van der Waals surface area contributed by atoms with Crippen LogP contribution in [0.1, 0.15) is 11.1 Å². The van der Waals surface area contributed by atoms with Gasteiger partial charge in [-0.2, -0.15) is 0 Å². The van der Waals surface area contributed by atoms with E-state index in [9.17, 15) is 8.42 Å². The molecule has 2 aromatic carbocycles. The third-order valence-electron chi connectivity index (χ3n) is 3.31. The third-order valence-corrected chi connectivity index (χ3v) is 4.83. The zero-order valence-electron chi connectivity index (χ0n) is 12.8. The van der Waals surface area contributed by atoms with Crippen molar-refractivity contribution in [3.8, 4) is 0 Å². The average Bonchev–Trinajstić information content (AvgIpc) is 2.48. The molecule has 0 saturated heterocycles. The Morgan fingerprint density at radius 2 is 1.82 bits per heavy atom. The highest BCUT2D eigenvalue weighted by Crippen LogP contribution is 2.13. The molecule has 0 spiro atoms. The molecule has 0 aliphatic rings. The number of rotatable bonds is 7. The number of nitrogens with one attached hydrogen (secondary N) is 1. The van der Waals surface area contributed by atoms with Gasteiger partial charge < -0.3 is 4.74 Å². The van der Waals surface area contributed by atoms with Crippen LogP contribution in [0.4, 0.5) is 0 Å².